The van der Waals surface area contributed by atoms with Crippen LogP contribution >= 0.6 is 0 Å². The van der Waals surface area contributed by atoms with Gasteiger partial charge in [0.2, 0.25) is 10.0 Å². The Hall–Kier alpha value is -2.68. The molecule has 1 heterocycles. The molecule has 0 aromatic heterocycles. The van der Waals surface area contributed by atoms with E-state index in [0.29, 0.717) is 30.8 Å². The SMILES string of the molecule is CS(=O)(=O)Nc1ccc(F)cc1C(=O)NC1CCCOc2ccc(F)cc21. The van der Waals surface area contributed by atoms with E-state index in [4.69, 9.17) is 4.74 Å². The number of amides is 1. The Labute approximate surface area is 155 Å². The van der Waals surface area contributed by atoms with E-state index in [0.717, 1.165) is 18.4 Å². The number of ether oxygens (including phenoxy) is 1. The van der Waals surface area contributed by atoms with Crippen molar-refractivity contribution >= 4 is 21.6 Å². The van der Waals surface area contributed by atoms with Crippen LogP contribution in [0.1, 0.15) is 34.8 Å². The second-order valence-corrected chi connectivity index (χ2v) is 8.01. The van der Waals surface area contributed by atoms with Crippen molar-refractivity contribution in [3.63, 3.8) is 0 Å². The molecule has 1 aliphatic heterocycles. The van der Waals surface area contributed by atoms with Crippen molar-refractivity contribution in [2.45, 2.75) is 18.9 Å². The van der Waals surface area contributed by atoms with E-state index in [9.17, 15) is 22.0 Å². The molecule has 1 unspecified atom stereocenters. The summed E-state index contributed by atoms with van der Waals surface area (Å²) in [4.78, 5) is 12.7. The molecule has 9 heteroatoms. The van der Waals surface area contributed by atoms with Crippen LogP contribution in [0, 0.1) is 11.6 Å². The Bertz CT molecular complexity index is 979. The van der Waals surface area contributed by atoms with Gasteiger partial charge in [0.1, 0.15) is 17.4 Å². The Balaban J connectivity index is 1.92. The molecule has 2 aromatic rings. The third kappa shape index (κ3) is 4.73. The highest BCUT2D eigenvalue weighted by Gasteiger charge is 2.24. The van der Waals surface area contributed by atoms with Crippen LogP contribution in [0.2, 0.25) is 0 Å². The molecule has 0 fully saturated rings. The lowest BCUT2D eigenvalue weighted by Gasteiger charge is -2.19. The maximum atomic E-state index is 13.7. The summed E-state index contributed by atoms with van der Waals surface area (Å²) in [5.41, 5.74) is 0.277. The predicted octanol–water partition coefficient (Wildman–Crippen LogP) is 2.98. The van der Waals surface area contributed by atoms with Crippen LogP contribution in [0.4, 0.5) is 14.5 Å². The minimum atomic E-state index is -3.66. The third-order valence-corrected chi connectivity index (χ3v) is 4.66. The van der Waals surface area contributed by atoms with Crippen molar-refractivity contribution in [3.05, 3.63) is 59.2 Å². The van der Waals surface area contributed by atoms with Crippen molar-refractivity contribution in [2.24, 2.45) is 0 Å². The number of nitrogens with one attached hydrogen (secondary N) is 2. The summed E-state index contributed by atoms with van der Waals surface area (Å²) in [7, 11) is -3.66. The van der Waals surface area contributed by atoms with Crippen LogP contribution in [0.25, 0.3) is 0 Å². The summed E-state index contributed by atoms with van der Waals surface area (Å²) < 4.78 is 58.1. The molecule has 144 valence electrons. The third-order valence-electron chi connectivity index (χ3n) is 4.07. The predicted molar refractivity (Wildman–Crippen MR) is 96.2 cm³/mol. The molecule has 1 aliphatic rings. The molecule has 0 spiro atoms. The summed E-state index contributed by atoms with van der Waals surface area (Å²) in [5.74, 6) is -1.37. The summed E-state index contributed by atoms with van der Waals surface area (Å²) in [5, 5.41) is 2.72. The zero-order valence-electron chi connectivity index (χ0n) is 14.5. The molecule has 0 saturated carbocycles. The number of carbonyl (C=O) groups is 1. The van der Waals surface area contributed by atoms with Crippen LogP contribution < -0.4 is 14.8 Å². The topological polar surface area (TPSA) is 84.5 Å². The highest BCUT2D eigenvalue weighted by atomic mass is 32.2. The molecular formula is C18H18F2N2O4S. The first-order valence-corrected chi connectivity index (χ1v) is 10.1. The summed E-state index contributed by atoms with van der Waals surface area (Å²) in [6, 6.07) is 6.66. The Morgan fingerprint density at radius 1 is 1.15 bits per heavy atom. The smallest absolute Gasteiger partial charge is 0.254 e. The largest absolute Gasteiger partial charge is 0.493 e. The first kappa shape index (κ1) is 19.1. The van der Waals surface area contributed by atoms with Crippen LogP contribution in [0.3, 0.4) is 0 Å². The quantitative estimate of drug-likeness (QED) is 0.832. The molecule has 1 amide bonds. The molecule has 0 aliphatic carbocycles. The van der Waals surface area contributed by atoms with Gasteiger partial charge in [-0.25, -0.2) is 17.2 Å². The van der Waals surface area contributed by atoms with Crippen molar-refractivity contribution in [3.8, 4) is 5.75 Å². The molecule has 0 saturated heterocycles. The monoisotopic (exact) mass is 396 g/mol. The second-order valence-electron chi connectivity index (χ2n) is 6.26. The van der Waals surface area contributed by atoms with Gasteiger partial charge in [0.25, 0.3) is 5.91 Å². The van der Waals surface area contributed by atoms with E-state index in [1.54, 1.807) is 0 Å². The number of carbonyl (C=O) groups excluding carboxylic acids is 1. The van der Waals surface area contributed by atoms with Crippen LogP contribution in [0.5, 0.6) is 5.75 Å². The second kappa shape index (κ2) is 7.51. The van der Waals surface area contributed by atoms with E-state index in [-0.39, 0.29) is 11.3 Å². The van der Waals surface area contributed by atoms with E-state index in [1.165, 1.54) is 24.3 Å². The fourth-order valence-corrected chi connectivity index (χ4v) is 3.50. The van der Waals surface area contributed by atoms with Gasteiger partial charge < -0.3 is 10.1 Å². The molecule has 3 rings (SSSR count). The maximum absolute atomic E-state index is 13.7. The van der Waals surface area contributed by atoms with Gasteiger partial charge in [0.15, 0.2) is 0 Å². The van der Waals surface area contributed by atoms with Crippen LogP contribution in [-0.4, -0.2) is 27.2 Å². The standard InChI is InChI=1S/C18H18F2N2O4S/c1-27(24,25)22-16-6-4-11(19)10-14(16)18(23)21-15-3-2-8-26-17-7-5-12(20)9-13(15)17/h4-7,9-10,15,22H,2-3,8H2,1H3,(H,21,23). The van der Waals surface area contributed by atoms with Gasteiger partial charge in [0, 0.05) is 5.56 Å². The lowest BCUT2D eigenvalue weighted by molar-refractivity contribution is 0.0935. The molecule has 27 heavy (non-hydrogen) atoms. The van der Waals surface area contributed by atoms with Gasteiger partial charge >= 0.3 is 0 Å². The number of anilines is 1. The fourth-order valence-electron chi connectivity index (χ4n) is 2.93. The van der Waals surface area contributed by atoms with E-state index >= 15 is 0 Å². The summed E-state index contributed by atoms with van der Waals surface area (Å²) in [6.07, 6.45) is 2.05. The first-order chi connectivity index (χ1) is 12.7. The number of halogens is 2. The zero-order chi connectivity index (χ0) is 19.6. The number of benzene rings is 2. The zero-order valence-corrected chi connectivity index (χ0v) is 15.3. The number of sulfonamides is 1. The van der Waals surface area contributed by atoms with E-state index < -0.39 is 33.6 Å². The van der Waals surface area contributed by atoms with Crippen LogP contribution in [-0.2, 0) is 10.0 Å². The Morgan fingerprint density at radius 3 is 2.59 bits per heavy atom. The van der Waals surface area contributed by atoms with Crippen molar-refractivity contribution < 1.29 is 26.7 Å². The molecule has 0 radical (unpaired) electrons. The maximum Gasteiger partial charge on any atom is 0.254 e. The lowest BCUT2D eigenvalue weighted by atomic mass is 10.0. The van der Waals surface area contributed by atoms with Gasteiger partial charge in [0.05, 0.1) is 30.2 Å². The number of rotatable bonds is 4. The number of hydrogen-bond acceptors (Lipinski definition) is 4. The van der Waals surface area contributed by atoms with Gasteiger partial charge in [-0.2, -0.15) is 0 Å². The van der Waals surface area contributed by atoms with Crippen molar-refractivity contribution in [2.75, 3.05) is 17.6 Å². The Kier molecular flexibility index (Phi) is 5.31. The normalized spacial score (nSPS) is 16.6. The molecule has 6 nitrogen and oxygen atoms in total. The molecule has 0 bridgehead atoms. The lowest BCUT2D eigenvalue weighted by Crippen LogP contribution is -2.29. The molecule has 2 aromatic carbocycles. The molecular weight excluding hydrogens is 378 g/mol. The van der Waals surface area contributed by atoms with Gasteiger partial charge in [-0.1, -0.05) is 0 Å². The average molecular weight is 396 g/mol. The minimum Gasteiger partial charge on any atom is -0.493 e. The van der Waals surface area contributed by atoms with E-state index in [1.807, 2.05) is 0 Å². The van der Waals surface area contributed by atoms with E-state index in [2.05, 4.69) is 10.0 Å². The number of hydrogen-bond donors (Lipinski definition) is 2. The van der Waals surface area contributed by atoms with Crippen LogP contribution in [0.15, 0.2) is 36.4 Å². The van der Waals surface area contributed by atoms with Gasteiger partial charge in [-0.05, 0) is 49.2 Å². The number of fused-ring (bicyclic) bond motifs is 1. The molecule has 1 atom stereocenters. The first-order valence-electron chi connectivity index (χ1n) is 8.23. The molecule has 2 N–H and O–H groups in total. The Morgan fingerprint density at radius 2 is 1.85 bits per heavy atom. The van der Waals surface area contributed by atoms with Crippen molar-refractivity contribution in [1.82, 2.24) is 5.32 Å². The highest BCUT2D eigenvalue weighted by Crippen LogP contribution is 2.32. The summed E-state index contributed by atoms with van der Waals surface area (Å²) >= 11 is 0. The fraction of sp³-hybridized carbons (Fsp3) is 0.278. The highest BCUT2D eigenvalue weighted by molar-refractivity contribution is 7.92. The summed E-state index contributed by atoms with van der Waals surface area (Å²) in [6.45, 7) is 0.422. The minimum absolute atomic E-state index is 0.0410. The average Bonchev–Trinajstić information content (AvgIpc) is 2.77. The van der Waals surface area contributed by atoms with Gasteiger partial charge in [-0.15, -0.1) is 0 Å². The van der Waals surface area contributed by atoms with Crippen molar-refractivity contribution in [1.29, 1.82) is 0 Å². The van der Waals surface area contributed by atoms with Gasteiger partial charge in [-0.3, -0.25) is 9.52 Å².